The first-order valence-corrected chi connectivity index (χ1v) is 5.44. The minimum atomic E-state index is -4.12. The van der Waals surface area contributed by atoms with Gasteiger partial charge in [-0.25, -0.2) is 0 Å². The van der Waals surface area contributed by atoms with E-state index in [1.54, 1.807) is 30.1 Å². The monoisotopic (exact) mass is 266 g/mol. The maximum atomic E-state index is 12.0. The van der Waals surface area contributed by atoms with Gasteiger partial charge in [0.1, 0.15) is 0 Å². The SMILES string of the molecule is CN(CCC(F)(F)F)Cc1cc(N)cc(Cl)c1. The Morgan fingerprint density at radius 3 is 2.47 bits per heavy atom. The standard InChI is InChI=1S/C11H14ClF3N2/c1-17(3-2-11(13,14)15)7-8-4-9(12)6-10(16)5-8/h4-6H,2-3,7,16H2,1H3. The van der Waals surface area contributed by atoms with Crippen LogP contribution in [0, 0.1) is 0 Å². The van der Waals surface area contributed by atoms with E-state index < -0.39 is 12.6 Å². The summed E-state index contributed by atoms with van der Waals surface area (Å²) in [5, 5.41) is 0.490. The van der Waals surface area contributed by atoms with Crippen LogP contribution in [0.5, 0.6) is 0 Å². The smallest absolute Gasteiger partial charge is 0.390 e. The molecule has 0 aromatic heterocycles. The fourth-order valence-electron chi connectivity index (χ4n) is 1.48. The number of hydrogen-bond donors (Lipinski definition) is 1. The molecule has 0 unspecified atom stereocenters. The number of anilines is 1. The highest BCUT2D eigenvalue weighted by Crippen LogP contribution is 2.21. The number of nitrogen functional groups attached to an aromatic ring is 1. The average Bonchev–Trinajstić information content (AvgIpc) is 2.11. The summed E-state index contributed by atoms with van der Waals surface area (Å²) in [5.41, 5.74) is 6.91. The van der Waals surface area contributed by atoms with Crippen molar-refractivity contribution in [1.82, 2.24) is 4.90 Å². The third kappa shape index (κ3) is 5.79. The Morgan fingerprint density at radius 1 is 1.29 bits per heavy atom. The molecule has 0 aliphatic carbocycles. The first-order chi connectivity index (χ1) is 7.76. The first-order valence-electron chi connectivity index (χ1n) is 5.06. The predicted molar refractivity (Wildman–Crippen MR) is 62.9 cm³/mol. The van der Waals surface area contributed by atoms with Crippen LogP contribution in [-0.4, -0.2) is 24.7 Å². The summed E-state index contributed by atoms with van der Waals surface area (Å²) in [5.74, 6) is 0. The molecule has 0 bridgehead atoms. The van der Waals surface area contributed by atoms with Gasteiger partial charge in [0.15, 0.2) is 0 Å². The zero-order chi connectivity index (χ0) is 13.1. The molecule has 1 aromatic rings. The van der Waals surface area contributed by atoms with E-state index in [1.807, 2.05) is 0 Å². The Morgan fingerprint density at radius 2 is 1.94 bits per heavy atom. The molecule has 0 amide bonds. The van der Waals surface area contributed by atoms with Gasteiger partial charge in [0, 0.05) is 23.8 Å². The molecule has 0 radical (unpaired) electrons. The summed E-state index contributed by atoms with van der Waals surface area (Å²) in [7, 11) is 1.63. The molecular formula is C11H14ClF3N2. The lowest BCUT2D eigenvalue weighted by molar-refractivity contribution is -0.137. The van der Waals surface area contributed by atoms with Gasteiger partial charge in [-0.15, -0.1) is 0 Å². The molecule has 2 nitrogen and oxygen atoms in total. The molecule has 0 heterocycles. The minimum absolute atomic E-state index is 0.0457. The highest BCUT2D eigenvalue weighted by atomic mass is 35.5. The molecule has 0 fully saturated rings. The van der Waals surface area contributed by atoms with Crippen molar-refractivity contribution < 1.29 is 13.2 Å². The lowest BCUT2D eigenvalue weighted by Gasteiger charge is -2.18. The molecular weight excluding hydrogens is 253 g/mol. The molecule has 0 spiro atoms. The van der Waals surface area contributed by atoms with Gasteiger partial charge in [-0.1, -0.05) is 11.6 Å². The molecule has 0 aliphatic rings. The zero-order valence-corrected chi connectivity index (χ0v) is 10.1. The van der Waals surface area contributed by atoms with Crippen molar-refractivity contribution in [3.63, 3.8) is 0 Å². The van der Waals surface area contributed by atoms with Gasteiger partial charge < -0.3 is 10.6 Å². The number of nitrogens with two attached hydrogens (primary N) is 1. The summed E-state index contributed by atoms with van der Waals surface area (Å²) >= 11 is 5.80. The fraction of sp³-hybridized carbons (Fsp3) is 0.455. The lowest BCUT2D eigenvalue weighted by atomic mass is 10.2. The largest absolute Gasteiger partial charge is 0.399 e. The average molecular weight is 267 g/mol. The molecule has 1 rings (SSSR count). The molecule has 6 heteroatoms. The summed E-state index contributed by atoms with van der Waals surface area (Å²) < 4.78 is 36.0. The second-order valence-electron chi connectivity index (χ2n) is 4.00. The van der Waals surface area contributed by atoms with Crippen LogP contribution in [0.1, 0.15) is 12.0 Å². The van der Waals surface area contributed by atoms with Crippen LogP contribution in [-0.2, 0) is 6.54 Å². The third-order valence-electron chi connectivity index (χ3n) is 2.21. The summed E-state index contributed by atoms with van der Waals surface area (Å²) in [6.45, 7) is 0.344. The first kappa shape index (κ1) is 14.1. The van der Waals surface area contributed by atoms with Crippen LogP contribution < -0.4 is 5.73 Å². The Balaban J connectivity index is 2.53. The topological polar surface area (TPSA) is 29.3 Å². The van der Waals surface area contributed by atoms with Gasteiger partial charge in [0.25, 0.3) is 0 Å². The van der Waals surface area contributed by atoms with E-state index in [9.17, 15) is 13.2 Å². The van der Waals surface area contributed by atoms with Crippen LogP contribution in [0.3, 0.4) is 0 Å². The highest BCUT2D eigenvalue weighted by Gasteiger charge is 2.26. The maximum absolute atomic E-state index is 12.0. The third-order valence-corrected chi connectivity index (χ3v) is 2.43. The second kappa shape index (κ2) is 5.60. The van der Waals surface area contributed by atoms with Crippen molar-refractivity contribution >= 4 is 17.3 Å². The maximum Gasteiger partial charge on any atom is 0.390 e. The van der Waals surface area contributed by atoms with E-state index in [0.29, 0.717) is 17.3 Å². The zero-order valence-electron chi connectivity index (χ0n) is 9.39. The quantitative estimate of drug-likeness (QED) is 0.847. The van der Waals surface area contributed by atoms with Crippen LogP contribution in [0.25, 0.3) is 0 Å². The Hall–Kier alpha value is -0.940. The van der Waals surface area contributed by atoms with E-state index in [0.717, 1.165) is 5.56 Å². The lowest BCUT2D eigenvalue weighted by Crippen LogP contribution is -2.24. The van der Waals surface area contributed by atoms with Crippen molar-refractivity contribution in [2.45, 2.75) is 19.1 Å². The van der Waals surface area contributed by atoms with Crippen molar-refractivity contribution in [2.75, 3.05) is 19.3 Å². The van der Waals surface area contributed by atoms with E-state index in [2.05, 4.69) is 0 Å². The number of nitrogens with zero attached hydrogens (tertiary/aromatic N) is 1. The predicted octanol–water partition coefficient (Wildman–Crippen LogP) is 3.31. The summed E-state index contributed by atoms with van der Waals surface area (Å²) in [6.07, 6.45) is -4.94. The van der Waals surface area contributed by atoms with Crippen LogP contribution in [0.15, 0.2) is 18.2 Å². The molecule has 0 aliphatic heterocycles. The summed E-state index contributed by atoms with van der Waals surface area (Å²) in [4.78, 5) is 1.58. The molecule has 1 aromatic carbocycles. The Kier molecular flexibility index (Phi) is 4.65. The van der Waals surface area contributed by atoms with Crippen molar-refractivity contribution in [2.24, 2.45) is 0 Å². The van der Waals surface area contributed by atoms with E-state index in [1.165, 1.54) is 0 Å². The number of benzene rings is 1. The second-order valence-corrected chi connectivity index (χ2v) is 4.43. The van der Waals surface area contributed by atoms with Crippen molar-refractivity contribution in [3.8, 4) is 0 Å². The number of alkyl halides is 3. The molecule has 0 atom stereocenters. The van der Waals surface area contributed by atoms with Gasteiger partial charge in [-0.05, 0) is 30.8 Å². The van der Waals surface area contributed by atoms with Crippen molar-refractivity contribution in [3.05, 3.63) is 28.8 Å². The highest BCUT2D eigenvalue weighted by molar-refractivity contribution is 6.30. The normalized spacial score (nSPS) is 12.1. The van der Waals surface area contributed by atoms with Crippen LogP contribution >= 0.6 is 11.6 Å². The molecule has 0 saturated carbocycles. The van der Waals surface area contributed by atoms with Crippen molar-refractivity contribution in [1.29, 1.82) is 0 Å². The minimum Gasteiger partial charge on any atom is -0.399 e. The van der Waals surface area contributed by atoms with Gasteiger partial charge in [0.2, 0.25) is 0 Å². The van der Waals surface area contributed by atoms with Gasteiger partial charge in [-0.3, -0.25) is 0 Å². The van der Waals surface area contributed by atoms with E-state index in [4.69, 9.17) is 17.3 Å². The number of hydrogen-bond acceptors (Lipinski definition) is 2. The van der Waals surface area contributed by atoms with Crippen LogP contribution in [0.4, 0.5) is 18.9 Å². The Bertz CT molecular complexity index is 359. The molecule has 2 N–H and O–H groups in total. The molecule has 0 saturated heterocycles. The molecule has 96 valence electrons. The Labute approximate surface area is 103 Å². The van der Waals surface area contributed by atoms with E-state index >= 15 is 0 Å². The number of rotatable bonds is 4. The number of halogens is 4. The van der Waals surface area contributed by atoms with Crippen LogP contribution in [0.2, 0.25) is 5.02 Å². The molecule has 17 heavy (non-hydrogen) atoms. The van der Waals surface area contributed by atoms with Gasteiger partial charge >= 0.3 is 6.18 Å². The van der Waals surface area contributed by atoms with Gasteiger partial charge in [-0.2, -0.15) is 13.2 Å². The van der Waals surface area contributed by atoms with E-state index in [-0.39, 0.29) is 6.54 Å². The fourth-order valence-corrected chi connectivity index (χ4v) is 1.74. The summed E-state index contributed by atoms with van der Waals surface area (Å²) in [6, 6.07) is 5.00. The van der Waals surface area contributed by atoms with Gasteiger partial charge in [0.05, 0.1) is 6.42 Å².